The lowest BCUT2D eigenvalue weighted by molar-refractivity contribution is -0.114. The van der Waals surface area contributed by atoms with Crippen molar-refractivity contribution in [2.24, 2.45) is 0 Å². The van der Waals surface area contributed by atoms with Crippen molar-refractivity contribution < 1.29 is 21.6 Å². The minimum absolute atomic E-state index is 0.137. The fourth-order valence-electron chi connectivity index (χ4n) is 1.64. The molecule has 0 aliphatic heterocycles. The molecular formula is C14H13NO5S3. The van der Waals surface area contributed by atoms with E-state index in [1.54, 1.807) is 11.4 Å². The van der Waals surface area contributed by atoms with Gasteiger partial charge >= 0.3 is 0 Å². The molecule has 0 unspecified atom stereocenters. The first-order valence-corrected chi connectivity index (χ1v) is 10.6. The number of amides is 1. The van der Waals surface area contributed by atoms with Crippen molar-refractivity contribution in [2.45, 2.75) is 9.79 Å². The molecule has 0 fully saturated rings. The van der Waals surface area contributed by atoms with Crippen molar-refractivity contribution in [1.82, 2.24) is 4.72 Å². The Kier molecular flexibility index (Phi) is 5.03. The third-order valence-electron chi connectivity index (χ3n) is 2.75. The minimum Gasteiger partial charge on any atom is -0.269 e. The van der Waals surface area contributed by atoms with Crippen LogP contribution in [0.25, 0.3) is 6.08 Å². The van der Waals surface area contributed by atoms with Crippen LogP contribution in [0.3, 0.4) is 0 Å². The van der Waals surface area contributed by atoms with Crippen LogP contribution >= 0.6 is 11.3 Å². The monoisotopic (exact) mass is 371 g/mol. The summed E-state index contributed by atoms with van der Waals surface area (Å²) in [5, 5.41) is 3.62. The van der Waals surface area contributed by atoms with Crippen LogP contribution in [0.15, 0.2) is 57.0 Å². The highest BCUT2D eigenvalue weighted by molar-refractivity contribution is 7.91. The van der Waals surface area contributed by atoms with Gasteiger partial charge in [-0.15, -0.1) is 0 Å². The van der Waals surface area contributed by atoms with Crippen LogP contribution in [0.2, 0.25) is 0 Å². The zero-order valence-corrected chi connectivity index (χ0v) is 14.4. The normalized spacial score (nSPS) is 12.4. The SMILES string of the molecule is CS(=O)(=O)c1cccc(S(=O)(=O)NC(=O)/C=C/c2ccsc2)c1. The van der Waals surface area contributed by atoms with Crippen molar-refractivity contribution in [3.05, 3.63) is 52.7 Å². The summed E-state index contributed by atoms with van der Waals surface area (Å²) in [5.41, 5.74) is 0.779. The molecule has 0 aliphatic rings. The Morgan fingerprint density at radius 1 is 1.13 bits per heavy atom. The zero-order chi connectivity index (χ0) is 17.1. The molecule has 0 aliphatic carbocycles. The quantitative estimate of drug-likeness (QED) is 0.807. The number of rotatable bonds is 5. The molecule has 0 saturated carbocycles. The number of nitrogens with one attached hydrogen (secondary N) is 1. The Bertz CT molecular complexity index is 942. The van der Waals surface area contributed by atoms with E-state index in [9.17, 15) is 21.6 Å². The summed E-state index contributed by atoms with van der Waals surface area (Å²) in [6, 6.07) is 6.59. The van der Waals surface area contributed by atoms with Gasteiger partial charge in [-0.1, -0.05) is 6.07 Å². The molecule has 0 radical (unpaired) electrons. The molecule has 0 spiro atoms. The Morgan fingerprint density at radius 3 is 2.43 bits per heavy atom. The molecule has 1 aromatic heterocycles. The Hall–Kier alpha value is -1.97. The van der Waals surface area contributed by atoms with Gasteiger partial charge in [-0.25, -0.2) is 21.6 Å². The number of carbonyl (C=O) groups excluding carboxylic acids is 1. The van der Waals surface area contributed by atoms with Crippen molar-refractivity contribution in [1.29, 1.82) is 0 Å². The molecule has 0 bridgehead atoms. The third-order valence-corrected chi connectivity index (χ3v) is 5.91. The van der Waals surface area contributed by atoms with Gasteiger partial charge in [0.05, 0.1) is 9.79 Å². The van der Waals surface area contributed by atoms with E-state index < -0.39 is 25.8 Å². The highest BCUT2D eigenvalue weighted by Gasteiger charge is 2.18. The van der Waals surface area contributed by atoms with E-state index in [2.05, 4.69) is 0 Å². The minimum atomic E-state index is -4.15. The molecule has 0 saturated heterocycles. The standard InChI is InChI=1S/C14H13NO5S3/c1-22(17,18)12-3-2-4-13(9-12)23(19,20)15-14(16)6-5-11-7-8-21-10-11/h2-10H,1H3,(H,15,16)/b6-5+. The van der Waals surface area contributed by atoms with E-state index in [1.165, 1.54) is 35.6 Å². The second-order valence-electron chi connectivity index (χ2n) is 4.61. The predicted octanol–water partition coefficient (Wildman–Crippen LogP) is 1.67. The van der Waals surface area contributed by atoms with Gasteiger partial charge in [0.1, 0.15) is 0 Å². The number of sulfonamides is 1. The summed E-state index contributed by atoms with van der Waals surface area (Å²) in [4.78, 5) is 11.3. The first-order valence-electron chi connectivity index (χ1n) is 6.26. The molecule has 23 heavy (non-hydrogen) atoms. The molecule has 2 rings (SSSR count). The molecule has 1 N–H and O–H groups in total. The van der Waals surface area contributed by atoms with Crippen molar-refractivity contribution >= 4 is 43.2 Å². The maximum absolute atomic E-state index is 12.1. The average Bonchev–Trinajstić information content (AvgIpc) is 2.97. The molecule has 2 aromatic rings. The van der Waals surface area contributed by atoms with Crippen molar-refractivity contribution in [3.8, 4) is 0 Å². The molecular weight excluding hydrogens is 358 g/mol. The second kappa shape index (κ2) is 6.65. The van der Waals surface area contributed by atoms with Gasteiger partial charge in [0, 0.05) is 12.3 Å². The van der Waals surface area contributed by atoms with Gasteiger partial charge in [0.25, 0.3) is 15.9 Å². The lowest BCUT2D eigenvalue weighted by atomic mass is 10.3. The smallest absolute Gasteiger partial charge is 0.264 e. The van der Waals surface area contributed by atoms with Crippen LogP contribution in [-0.2, 0) is 24.7 Å². The van der Waals surface area contributed by atoms with Gasteiger partial charge in [-0.3, -0.25) is 4.79 Å². The van der Waals surface area contributed by atoms with Crippen LogP contribution in [0.4, 0.5) is 0 Å². The maximum atomic E-state index is 12.1. The number of thiophene rings is 1. The van der Waals surface area contributed by atoms with E-state index in [-0.39, 0.29) is 9.79 Å². The van der Waals surface area contributed by atoms with E-state index in [4.69, 9.17) is 0 Å². The summed E-state index contributed by atoms with van der Waals surface area (Å²) in [6.45, 7) is 0. The van der Waals surface area contributed by atoms with Gasteiger partial charge in [-0.2, -0.15) is 11.3 Å². The van der Waals surface area contributed by atoms with Crippen molar-refractivity contribution in [2.75, 3.05) is 6.26 Å². The van der Waals surface area contributed by atoms with Crippen LogP contribution in [0.5, 0.6) is 0 Å². The van der Waals surface area contributed by atoms with Gasteiger partial charge in [0.2, 0.25) is 0 Å². The number of benzene rings is 1. The van der Waals surface area contributed by atoms with Crippen molar-refractivity contribution in [3.63, 3.8) is 0 Å². The second-order valence-corrected chi connectivity index (χ2v) is 9.08. The third kappa shape index (κ3) is 4.75. The first kappa shape index (κ1) is 17.4. The summed E-state index contributed by atoms with van der Waals surface area (Å²) in [5.74, 6) is -0.819. The molecule has 1 aromatic carbocycles. The largest absolute Gasteiger partial charge is 0.269 e. The Labute approximate surface area is 138 Å². The number of hydrogen-bond acceptors (Lipinski definition) is 6. The van der Waals surface area contributed by atoms with E-state index in [1.807, 2.05) is 10.1 Å². The molecule has 122 valence electrons. The van der Waals surface area contributed by atoms with E-state index in [0.29, 0.717) is 0 Å². The van der Waals surface area contributed by atoms with Crippen LogP contribution in [0.1, 0.15) is 5.56 Å². The lowest BCUT2D eigenvalue weighted by Gasteiger charge is -2.06. The van der Waals surface area contributed by atoms with Gasteiger partial charge in [-0.05, 0) is 46.7 Å². The molecule has 1 amide bonds. The fraction of sp³-hybridized carbons (Fsp3) is 0.0714. The van der Waals surface area contributed by atoms with E-state index in [0.717, 1.165) is 24.0 Å². The first-order chi connectivity index (χ1) is 10.7. The van der Waals surface area contributed by atoms with Crippen LogP contribution < -0.4 is 4.72 Å². The molecule has 6 nitrogen and oxygen atoms in total. The summed E-state index contributed by atoms with van der Waals surface area (Å²) < 4.78 is 49.1. The van der Waals surface area contributed by atoms with Gasteiger partial charge < -0.3 is 0 Å². The van der Waals surface area contributed by atoms with E-state index >= 15 is 0 Å². The van der Waals surface area contributed by atoms with Crippen LogP contribution in [-0.4, -0.2) is 29.0 Å². The topological polar surface area (TPSA) is 97.4 Å². The Balaban J connectivity index is 2.20. The predicted molar refractivity (Wildman–Crippen MR) is 88.2 cm³/mol. The highest BCUT2D eigenvalue weighted by Crippen LogP contribution is 2.15. The Morgan fingerprint density at radius 2 is 1.83 bits per heavy atom. The van der Waals surface area contributed by atoms with Crippen LogP contribution in [0, 0.1) is 0 Å². The summed E-state index contributed by atoms with van der Waals surface area (Å²) in [6.07, 6.45) is 3.55. The average molecular weight is 371 g/mol. The number of sulfone groups is 1. The zero-order valence-electron chi connectivity index (χ0n) is 12.0. The number of carbonyl (C=O) groups is 1. The fourth-order valence-corrected chi connectivity index (χ4v) is 4.00. The lowest BCUT2D eigenvalue weighted by Crippen LogP contribution is -2.29. The summed E-state index contributed by atoms with van der Waals surface area (Å²) in [7, 11) is -7.69. The summed E-state index contributed by atoms with van der Waals surface area (Å²) >= 11 is 1.45. The number of hydrogen-bond donors (Lipinski definition) is 1. The molecule has 1 heterocycles. The molecule has 9 heteroatoms. The molecule has 0 atom stereocenters. The highest BCUT2D eigenvalue weighted by atomic mass is 32.2. The maximum Gasteiger partial charge on any atom is 0.264 e. The van der Waals surface area contributed by atoms with Gasteiger partial charge in [0.15, 0.2) is 9.84 Å².